The molecule has 6 nitrogen and oxygen atoms in total. The van der Waals surface area contributed by atoms with E-state index in [1.165, 1.54) is 5.56 Å². The van der Waals surface area contributed by atoms with Gasteiger partial charge in [0.05, 0.1) is 0 Å². The Hall–Kier alpha value is -3.90. The average molecular weight is 458 g/mol. The third-order valence-electron chi connectivity index (χ3n) is 5.48. The predicted octanol–water partition coefficient (Wildman–Crippen LogP) is 5.63. The SMILES string of the molecule is Cc1ccc(C2C=C(c3ccccc3)Nc3nc(NC(=O)c4cccc(C)c4)nn32)cc1.Cl. The lowest BCUT2D eigenvalue weighted by molar-refractivity contribution is 0.102. The number of hydrogen-bond donors (Lipinski definition) is 2. The van der Waals surface area contributed by atoms with Gasteiger partial charge in [0.25, 0.3) is 11.9 Å². The predicted molar refractivity (Wildman–Crippen MR) is 134 cm³/mol. The maximum Gasteiger partial charge on any atom is 0.258 e. The molecule has 33 heavy (non-hydrogen) atoms. The number of amides is 1. The zero-order valence-electron chi connectivity index (χ0n) is 18.3. The third-order valence-corrected chi connectivity index (χ3v) is 5.48. The number of allylic oxidation sites excluding steroid dienone is 1. The van der Waals surface area contributed by atoms with Gasteiger partial charge >= 0.3 is 0 Å². The number of nitrogens with zero attached hydrogens (tertiary/aromatic N) is 3. The van der Waals surface area contributed by atoms with Crippen molar-refractivity contribution in [1.29, 1.82) is 0 Å². The first-order valence-electron chi connectivity index (χ1n) is 10.5. The lowest BCUT2D eigenvalue weighted by Gasteiger charge is -2.24. The number of aromatic nitrogens is 3. The van der Waals surface area contributed by atoms with Crippen molar-refractivity contribution in [3.8, 4) is 0 Å². The normalized spacial score (nSPS) is 14.4. The summed E-state index contributed by atoms with van der Waals surface area (Å²) in [6, 6.07) is 25.8. The van der Waals surface area contributed by atoms with E-state index >= 15 is 0 Å². The number of anilines is 2. The van der Waals surface area contributed by atoms with E-state index in [9.17, 15) is 4.79 Å². The Morgan fingerprint density at radius 3 is 2.42 bits per heavy atom. The van der Waals surface area contributed by atoms with Gasteiger partial charge in [0.15, 0.2) is 0 Å². The summed E-state index contributed by atoms with van der Waals surface area (Å²) in [5.74, 6) is 0.607. The minimum Gasteiger partial charge on any atom is -0.324 e. The number of rotatable bonds is 4. The molecular formula is C26H24ClN5O. The largest absolute Gasteiger partial charge is 0.324 e. The van der Waals surface area contributed by atoms with Crippen LogP contribution in [0.1, 0.15) is 38.7 Å². The van der Waals surface area contributed by atoms with Crippen molar-refractivity contribution < 1.29 is 4.79 Å². The maximum absolute atomic E-state index is 12.7. The molecule has 0 aliphatic carbocycles. The van der Waals surface area contributed by atoms with Gasteiger partial charge in [-0.05, 0) is 43.2 Å². The molecule has 1 aliphatic rings. The molecule has 166 valence electrons. The summed E-state index contributed by atoms with van der Waals surface area (Å²) >= 11 is 0. The van der Waals surface area contributed by atoms with Crippen molar-refractivity contribution in [1.82, 2.24) is 14.8 Å². The number of benzene rings is 3. The quantitative estimate of drug-likeness (QED) is 0.417. The Kier molecular flexibility index (Phi) is 6.29. The van der Waals surface area contributed by atoms with Crippen LogP contribution in [0.5, 0.6) is 0 Å². The summed E-state index contributed by atoms with van der Waals surface area (Å²) in [6.07, 6.45) is 2.13. The number of carbonyl (C=O) groups excluding carboxylic acids is 1. The fraction of sp³-hybridized carbons (Fsp3) is 0.115. The van der Waals surface area contributed by atoms with Gasteiger partial charge < -0.3 is 5.32 Å². The molecule has 0 spiro atoms. The molecule has 1 aromatic heterocycles. The molecule has 0 saturated carbocycles. The standard InChI is InChI=1S/C26H23N5O.ClH/c1-17-11-13-20(14-12-17)23-16-22(19-8-4-3-5-9-19)27-26-29-25(30-31(23)26)28-24(32)21-10-6-7-18(2)15-21;/h3-16,23H,1-2H3,(H2,27,28,29,30,32);1H. The van der Waals surface area contributed by atoms with Crippen LogP contribution < -0.4 is 10.6 Å². The average Bonchev–Trinajstić information content (AvgIpc) is 3.22. The second-order valence-corrected chi connectivity index (χ2v) is 7.95. The fourth-order valence-electron chi connectivity index (χ4n) is 3.79. The van der Waals surface area contributed by atoms with Gasteiger partial charge in [-0.1, -0.05) is 77.9 Å². The van der Waals surface area contributed by atoms with E-state index in [-0.39, 0.29) is 30.3 Å². The van der Waals surface area contributed by atoms with E-state index in [0.29, 0.717) is 11.5 Å². The van der Waals surface area contributed by atoms with Gasteiger partial charge in [0.2, 0.25) is 5.95 Å². The van der Waals surface area contributed by atoms with Crippen molar-refractivity contribution >= 4 is 35.9 Å². The Bertz CT molecular complexity index is 1310. The molecule has 7 heteroatoms. The van der Waals surface area contributed by atoms with Gasteiger partial charge in [-0.3, -0.25) is 10.1 Å². The minimum absolute atomic E-state index is 0. The summed E-state index contributed by atoms with van der Waals surface area (Å²) in [5, 5.41) is 10.8. The zero-order chi connectivity index (χ0) is 22.1. The molecule has 0 bridgehead atoms. The van der Waals surface area contributed by atoms with Crippen LogP contribution in [-0.4, -0.2) is 20.7 Å². The van der Waals surface area contributed by atoms with Crippen LogP contribution in [0, 0.1) is 13.8 Å². The van der Waals surface area contributed by atoms with Crippen molar-refractivity contribution in [3.05, 3.63) is 113 Å². The van der Waals surface area contributed by atoms with Gasteiger partial charge in [0, 0.05) is 11.3 Å². The fourth-order valence-corrected chi connectivity index (χ4v) is 3.79. The van der Waals surface area contributed by atoms with Gasteiger partial charge in [-0.25, -0.2) is 4.68 Å². The van der Waals surface area contributed by atoms with Gasteiger partial charge in [0.1, 0.15) is 6.04 Å². The summed E-state index contributed by atoms with van der Waals surface area (Å²) in [6.45, 7) is 4.02. The van der Waals surface area contributed by atoms with Crippen LogP contribution in [-0.2, 0) is 0 Å². The summed E-state index contributed by atoms with van der Waals surface area (Å²) in [4.78, 5) is 17.3. The second kappa shape index (κ2) is 9.30. The molecule has 1 aliphatic heterocycles. The van der Waals surface area contributed by atoms with Crippen molar-refractivity contribution in [2.45, 2.75) is 19.9 Å². The molecule has 0 saturated heterocycles. The van der Waals surface area contributed by atoms with Gasteiger partial charge in [-0.2, -0.15) is 4.98 Å². The number of halogens is 1. The molecule has 1 unspecified atom stereocenters. The monoisotopic (exact) mass is 457 g/mol. The smallest absolute Gasteiger partial charge is 0.258 e. The van der Waals surface area contributed by atoms with Crippen molar-refractivity contribution in [2.24, 2.45) is 0 Å². The van der Waals surface area contributed by atoms with E-state index in [2.05, 4.69) is 70.1 Å². The molecule has 1 amide bonds. The van der Waals surface area contributed by atoms with E-state index in [1.807, 2.05) is 48.0 Å². The van der Waals surface area contributed by atoms with Crippen LogP contribution in [0.25, 0.3) is 5.70 Å². The Morgan fingerprint density at radius 2 is 1.70 bits per heavy atom. The summed E-state index contributed by atoms with van der Waals surface area (Å²) in [7, 11) is 0. The number of aryl methyl sites for hydroxylation is 2. The highest BCUT2D eigenvalue weighted by atomic mass is 35.5. The van der Waals surface area contributed by atoms with Gasteiger partial charge in [-0.15, -0.1) is 17.5 Å². The zero-order valence-corrected chi connectivity index (χ0v) is 19.1. The molecule has 0 radical (unpaired) electrons. The van der Waals surface area contributed by atoms with Crippen LogP contribution in [0.4, 0.5) is 11.9 Å². The van der Waals surface area contributed by atoms with Crippen molar-refractivity contribution in [3.63, 3.8) is 0 Å². The van der Waals surface area contributed by atoms with Crippen LogP contribution in [0.15, 0.2) is 84.9 Å². The maximum atomic E-state index is 12.7. The molecule has 5 rings (SSSR count). The van der Waals surface area contributed by atoms with E-state index < -0.39 is 0 Å². The lowest BCUT2D eigenvalue weighted by atomic mass is 10.0. The Labute approximate surface area is 198 Å². The first-order valence-corrected chi connectivity index (χ1v) is 10.5. The van der Waals surface area contributed by atoms with Crippen LogP contribution >= 0.6 is 12.4 Å². The molecule has 2 N–H and O–H groups in total. The summed E-state index contributed by atoms with van der Waals surface area (Å²) in [5.41, 5.74) is 5.89. The van der Waals surface area contributed by atoms with E-state index in [1.54, 1.807) is 6.07 Å². The van der Waals surface area contributed by atoms with Crippen molar-refractivity contribution in [2.75, 3.05) is 10.6 Å². The molecular weight excluding hydrogens is 434 g/mol. The highest BCUT2D eigenvalue weighted by molar-refractivity contribution is 6.03. The molecule has 2 heterocycles. The Balaban J connectivity index is 0.00000259. The molecule has 0 fully saturated rings. The topological polar surface area (TPSA) is 71.8 Å². The first kappa shape index (κ1) is 22.3. The van der Waals surface area contributed by atoms with Crippen LogP contribution in [0.3, 0.4) is 0 Å². The third kappa shape index (κ3) is 4.66. The number of hydrogen-bond acceptors (Lipinski definition) is 4. The lowest BCUT2D eigenvalue weighted by Crippen LogP contribution is -2.20. The highest BCUT2D eigenvalue weighted by Gasteiger charge is 2.26. The molecule has 4 aromatic rings. The number of nitrogens with one attached hydrogen (secondary N) is 2. The van der Waals surface area contributed by atoms with E-state index in [0.717, 1.165) is 22.4 Å². The first-order chi connectivity index (χ1) is 15.6. The van der Waals surface area contributed by atoms with E-state index in [4.69, 9.17) is 0 Å². The number of carbonyl (C=O) groups is 1. The molecule has 3 aromatic carbocycles. The summed E-state index contributed by atoms with van der Waals surface area (Å²) < 4.78 is 1.81. The number of fused-ring (bicyclic) bond motifs is 1. The highest BCUT2D eigenvalue weighted by Crippen LogP contribution is 2.33. The van der Waals surface area contributed by atoms with Crippen LogP contribution in [0.2, 0.25) is 0 Å². The minimum atomic E-state index is -0.236. The second-order valence-electron chi connectivity index (χ2n) is 7.95. The Morgan fingerprint density at radius 1 is 0.939 bits per heavy atom. The molecule has 1 atom stereocenters.